The summed E-state index contributed by atoms with van der Waals surface area (Å²) in [7, 11) is 1.91. The number of nitrogens with one attached hydrogen (secondary N) is 1. The Kier molecular flexibility index (Phi) is 5.84. The SMILES string of the molecule is CCOc1ccc(CCN2CC(O)=C(c3nc4ccccc4n3C)C2=N)cc1OCC. The van der Waals surface area contributed by atoms with Gasteiger partial charge >= 0.3 is 0 Å². The van der Waals surface area contributed by atoms with Crippen LogP contribution in [0.1, 0.15) is 25.2 Å². The number of aryl methyl sites for hydroxylation is 1. The number of imidazole rings is 1. The molecule has 0 fully saturated rings. The highest BCUT2D eigenvalue weighted by Gasteiger charge is 2.31. The summed E-state index contributed by atoms with van der Waals surface area (Å²) >= 11 is 0. The van der Waals surface area contributed by atoms with Gasteiger partial charge in [-0.05, 0) is 50.1 Å². The standard InChI is InChI=1S/C24H28N4O3/c1-4-30-20-11-10-16(14-21(20)31-5-2)12-13-28-15-19(29)22(23(28)25)24-26-17-8-6-7-9-18(17)27(24)3/h6-11,14,25,29H,4-5,12-13,15H2,1-3H3. The monoisotopic (exact) mass is 420 g/mol. The molecule has 4 rings (SSSR count). The number of nitrogens with zero attached hydrogens (tertiary/aromatic N) is 3. The molecule has 0 amide bonds. The summed E-state index contributed by atoms with van der Waals surface area (Å²) in [6.45, 7) is 5.97. The Labute approximate surface area is 182 Å². The van der Waals surface area contributed by atoms with Gasteiger partial charge in [-0.25, -0.2) is 4.98 Å². The second-order valence-electron chi connectivity index (χ2n) is 7.47. The van der Waals surface area contributed by atoms with Crippen molar-refractivity contribution in [2.24, 2.45) is 7.05 Å². The van der Waals surface area contributed by atoms with E-state index in [2.05, 4.69) is 4.98 Å². The number of aromatic nitrogens is 2. The molecule has 2 heterocycles. The molecule has 1 aliphatic heterocycles. The van der Waals surface area contributed by atoms with Crippen LogP contribution in [0.4, 0.5) is 0 Å². The van der Waals surface area contributed by atoms with E-state index in [0.717, 1.165) is 34.5 Å². The minimum absolute atomic E-state index is 0.185. The van der Waals surface area contributed by atoms with Crippen molar-refractivity contribution in [3.8, 4) is 11.5 Å². The van der Waals surface area contributed by atoms with Crippen molar-refractivity contribution in [1.82, 2.24) is 14.5 Å². The first kappa shape index (κ1) is 20.8. The molecule has 162 valence electrons. The second-order valence-corrected chi connectivity index (χ2v) is 7.47. The zero-order valence-electron chi connectivity index (χ0n) is 18.2. The Morgan fingerprint density at radius 3 is 2.55 bits per heavy atom. The molecule has 0 spiro atoms. The van der Waals surface area contributed by atoms with Crippen LogP contribution in [0.3, 0.4) is 0 Å². The van der Waals surface area contributed by atoms with Gasteiger partial charge < -0.3 is 24.0 Å². The Balaban J connectivity index is 1.50. The predicted molar refractivity (Wildman–Crippen MR) is 122 cm³/mol. The predicted octanol–water partition coefficient (Wildman–Crippen LogP) is 4.18. The van der Waals surface area contributed by atoms with Gasteiger partial charge in [0.1, 0.15) is 17.4 Å². The summed E-state index contributed by atoms with van der Waals surface area (Å²) in [5.41, 5.74) is 3.42. The molecule has 0 unspecified atom stereocenters. The number of fused-ring (bicyclic) bond motifs is 1. The van der Waals surface area contributed by atoms with Crippen molar-refractivity contribution in [2.45, 2.75) is 20.3 Å². The van der Waals surface area contributed by atoms with Crippen LogP contribution in [0.25, 0.3) is 16.6 Å². The summed E-state index contributed by atoms with van der Waals surface area (Å²) in [4.78, 5) is 6.53. The van der Waals surface area contributed by atoms with Gasteiger partial charge in [0, 0.05) is 13.6 Å². The number of amidine groups is 1. The van der Waals surface area contributed by atoms with Gasteiger partial charge in [-0.2, -0.15) is 0 Å². The molecule has 31 heavy (non-hydrogen) atoms. The normalized spacial score (nSPS) is 14.0. The molecule has 7 heteroatoms. The number of hydrogen-bond acceptors (Lipinski definition) is 5. The van der Waals surface area contributed by atoms with Gasteiger partial charge in [0.25, 0.3) is 0 Å². The van der Waals surface area contributed by atoms with Gasteiger partial charge in [0.15, 0.2) is 11.5 Å². The summed E-state index contributed by atoms with van der Waals surface area (Å²) < 4.78 is 13.3. The van der Waals surface area contributed by atoms with E-state index in [1.807, 2.05) is 72.8 Å². The maximum atomic E-state index is 10.6. The smallest absolute Gasteiger partial charge is 0.161 e. The highest BCUT2D eigenvalue weighted by Crippen LogP contribution is 2.31. The number of para-hydroxylation sites is 2. The number of aliphatic hydroxyl groups excluding tert-OH is 1. The van der Waals surface area contributed by atoms with E-state index in [0.29, 0.717) is 43.5 Å². The van der Waals surface area contributed by atoms with Crippen LogP contribution < -0.4 is 9.47 Å². The van der Waals surface area contributed by atoms with Gasteiger partial charge in [-0.3, -0.25) is 5.41 Å². The molecule has 0 saturated carbocycles. The molecule has 7 nitrogen and oxygen atoms in total. The lowest BCUT2D eigenvalue weighted by Crippen LogP contribution is -2.29. The lowest BCUT2D eigenvalue weighted by Gasteiger charge is -2.19. The van der Waals surface area contributed by atoms with Crippen LogP contribution in [0.2, 0.25) is 0 Å². The molecule has 2 aromatic carbocycles. The van der Waals surface area contributed by atoms with Gasteiger partial charge in [-0.15, -0.1) is 0 Å². The van der Waals surface area contributed by atoms with E-state index in [4.69, 9.17) is 14.9 Å². The quantitative estimate of drug-likeness (QED) is 0.571. The lowest BCUT2D eigenvalue weighted by molar-refractivity contribution is 0.287. The third kappa shape index (κ3) is 3.95. The van der Waals surface area contributed by atoms with Crippen molar-refractivity contribution in [1.29, 1.82) is 5.41 Å². The van der Waals surface area contributed by atoms with E-state index < -0.39 is 0 Å². The Morgan fingerprint density at radius 2 is 1.81 bits per heavy atom. The van der Waals surface area contributed by atoms with Gasteiger partial charge in [-0.1, -0.05) is 18.2 Å². The van der Waals surface area contributed by atoms with E-state index in [1.165, 1.54) is 0 Å². The zero-order chi connectivity index (χ0) is 22.0. The average molecular weight is 421 g/mol. The fourth-order valence-corrected chi connectivity index (χ4v) is 3.94. The highest BCUT2D eigenvalue weighted by molar-refractivity contribution is 6.23. The third-order valence-electron chi connectivity index (χ3n) is 5.47. The molecule has 0 aliphatic carbocycles. The minimum atomic E-state index is 0.185. The molecule has 0 saturated heterocycles. The topological polar surface area (TPSA) is 83.6 Å². The van der Waals surface area contributed by atoms with Crippen molar-refractivity contribution in [2.75, 3.05) is 26.3 Å². The van der Waals surface area contributed by atoms with E-state index in [1.54, 1.807) is 0 Å². The van der Waals surface area contributed by atoms with Gasteiger partial charge in [0.05, 0.1) is 36.4 Å². The molecule has 2 N–H and O–H groups in total. The molecular weight excluding hydrogens is 392 g/mol. The Bertz CT molecular complexity index is 1150. The number of hydrogen-bond donors (Lipinski definition) is 2. The van der Waals surface area contributed by atoms with Crippen molar-refractivity contribution in [3.63, 3.8) is 0 Å². The van der Waals surface area contributed by atoms with Crippen molar-refractivity contribution in [3.05, 3.63) is 59.6 Å². The summed E-state index contributed by atoms with van der Waals surface area (Å²) in [5.74, 6) is 2.58. The maximum absolute atomic E-state index is 10.6. The summed E-state index contributed by atoms with van der Waals surface area (Å²) in [6, 6.07) is 13.8. The summed E-state index contributed by atoms with van der Waals surface area (Å²) in [6.07, 6.45) is 0.720. The fraction of sp³-hybridized carbons (Fsp3) is 0.333. The number of benzene rings is 2. The highest BCUT2D eigenvalue weighted by atomic mass is 16.5. The van der Waals surface area contributed by atoms with Crippen molar-refractivity contribution < 1.29 is 14.6 Å². The van der Waals surface area contributed by atoms with Gasteiger partial charge in [0.2, 0.25) is 0 Å². The molecule has 0 atom stereocenters. The van der Waals surface area contributed by atoms with Crippen LogP contribution in [0.15, 0.2) is 48.2 Å². The molecule has 1 aromatic heterocycles. The largest absolute Gasteiger partial charge is 0.510 e. The molecule has 1 aliphatic rings. The lowest BCUT2D eigenvalue weighted by atomic mass is 10.1. The van der Waals surface area contributed by atoms with Crippen molar-refractivity contribution >= 4 is 22.4 Å². The number of rotatable bonds is 8. The van der Waals surface area contributed by atoms with Crippen LogP contribution in [0, 0.1) is 5.41 Å². The molecule has 3 aromatic rings. The van der Waals surface area contributed by atoms with Crippen LogP contribution in [-0.2, 0) is 13.5 Å². The van der Waals surface area contributed by atoms with E-state index in [9.17, 15) is 5.11 Å². The minimum Gasteiger partial charge on any atom is -0.510 e. The van der Waals surface area contributed by atoms with Crippen LogP contribution in [-0.4, -0.2) is 51.7 Å². The first-order chi connectivity index (χ1) is 15.0. The van der Waals surface area contributed by atoms with Crippen LogP contribution >= 0.6 is 0 Å². The number of aliphatic hydroxyl groups is 1. The molecule has 0 radical (unpaired) electrons. The first-order valence-corrected chi connectivity index (χ1v) is 10.6. The fourth-order valence-electron chi connectivity index (χ4n) is 3.94. The third-order valence-corrected chi connectivity index (χ3v) is 5.47. The average Bonchev–Trinajstić information content (AvgIpc) is 3.24. The second kappa shape index (κ2) is 8.71. The zero-order valence-corrected chi connectivity index (χ0v) is 18.2. The Hall–Kier alpha value is -3.48. The first-order valence-electron chi connectivity index (χ1n) is 10.6. The number of ether oxygens (including phenoxy) is 2. The van der Waals surface area contributed by atoms with Crippen LogP contribution in [0.5, 0.6) is 11.5 Å². The molecule has 0 bridgehead atoms. The van der Waals surface area contributed by atoms with E-state index in [-0.39, 0.29) is 5.76 Å². The molecular formula is C24H28N4O3. The maximum Gasteiger partial charge on any atom is 0.161 e. The summed E-state index contributed by atoms with van der Waals surface area (Å²) in [5, 5.41) is 19.3. The van der Waals surface area contributed by atoms with E-state index >= 15 is 0 Å². The Morgan fingerprint density at radius 1 is 1.06 bits per heavy atom.